The molecule has 3 aromatic carbocycles. The van der Waals surface area contributed by atoms with Gasteiger partial charge in [0.15, 0.2) is 16.7 Å². The van der Waals surface area contributed by atoms with Gasteiger partial charge in [-0.05, 0) is 60.7 Å². The Kier molecular flexibility index (Phi) is 7.12. The zero-order valence-electron chi connectivity index (χ0n) is 18.4. The standard InChI is InChI=1S/C25H21F2N3O3S/c1-32-22-11-6-16(12-23(22)33-2)21-14-30(20-9-7-17(26)8-10-20)25(29-21)34-15-24(31)28-19-5-3-4-18(27)13-19/h3-14H,15H2,1-2H3,(H,28,31). The molecule has 1 amide bonds. The van der Waals surface area contributed by atoms with Crippen molar-refractivity contribution in [2.24, 2.45) is 0 Å². The Labute approximate surface area is 199 Å². The molecule has 0 aliphatic rings. The van der Waals surface area contributed by atoms with E-state index in [0.717, 1.165) is 5.56 Å². The Morgan fingerprint density at radius 2 is 1.74 bits per heavy atom. The number of nitrogens with zero attached hydrogens (tertiary/aromatic N) is 2. The van der Waals surface area contributed by atoms with Crippen LogP contribution in [-0.2, 0) is 4.79 Å². The molecule has 4 rings (SSSR count). The number of halogens is 2. The molecule has 0 fully saturated rings. The van der Waals surface area contributed by atoms with Crippen molar-refractivity contribution >= 4 is 23.4 Å². The van der Waals surface area contributed by atoms with Gasteiger partial charge in [0.1, 0.15) is 11.6 Å². The molecular formula is C25H21F2N3O3S. The van der Waals surface area contributed by atoms with E-state index in [1.54, 1.807) is 55.3 Å². The highest BCUT2D eigenvalue weighted by Crippen LogP contribution is 2.34. The lowest BCUT2D eigenvalue weighted by molar-refractivity contribution is -0.113. The van der Waals surface area contributed by atoms with Gasteiger partial charge in [0, 0.05) is 23.1 Å². The fourth-order valence-corrected chi connectivity index (χ4v) is 4.07. The molecule has 0 aliphatic carbocycles. The number of rotatable bonds is 8. The maximum Gasteiger partial charge on any atom is 0.234 e. The predicted octanol–water partition coefficient (Wildman–Crippen LogP) is 5.57. The molecule has 1 aromatic heterocycles. The van der Waals surface area contributed by atoms with Gasteiger partial charge in [-0.15, -0.1) is 0 Å². The SMILES string of the molecule is COc1ccc(-c2cn(-c3ccc(F)cc3)c(SCC(=O)Nc3cccc(F)c3)n2)cc1OC. The fourth-order valence-electron chi connectivity index (χ4n) is 3.28. The molecule has 0 unspecified atom stereocenters. The second-order valence-corrected chi connectivity index (χ2v) is 8.11. The van der Waals surface area contributed by atoms with Crippen LogP contribution >= 0.6 is 11.8 Å². The molecular weight excluding hydrogens is 460 g/mol. The highest BCUT2D eigenvalue weighted by Gasteiger charge is 2.16. The third-order valence-electron chi connectivity index (χ3n) is 4.90. The number of benzene rings is 3. The van der Waals surface area contributed by atoms with Gasteiger partial charge >= 0.3 is 0 Å². The molecule has 34 heavy (non-hydrogen) atoms. The summed E-state index contributed by atoms with van der Waals surface area (Å²) in [6.07, 6.45) is 1.81. The van der Waals surface area contributed by atoms with Gasteiger partial charge in [-0.25, -0.2) is 13.8 Å². The van der Waals surface area contributed by atoms with Gasteiger partial charge in [0.05, 0.1) is 25.7 Å². The van der Waals surface area contributed by atoms with E-state index in [2.05, 4.69) is 5.32 Å². The minimum atomic E-state index is -0.433. The summed E-state index contributed by atoms with van der Waals surface area (Å²) in [5.41, 5.74) is 2.48. The minimum absolute atomic E-state index is 0.0418. The number of carbonyl (C=O) groups excluding carboxylic acids is 1. The summed E-state index contributed by atoms with van der Waals surface area (Å²) in [7, 11) is 3.11. The van der Waals surface area contributed by atoms with E-state index in [-0.39, 0.29) is 17.5 Å². The quantitative estimate of drug-likeness (QED) is 0.334. The van der Waals surface area contributed by atoms with Crippen molar-refractivity contribution in [3.63, 3.8) is 0 Å². The Balaban J connectivity index is 1.62. The summed E-state index contributed by atoms with van der Waals surface area (Å²) in [6.45, 7) is 0. The third kappa shape index (κ3) is 5.37. The zero-order valence-corrected chi connectivity index (χ0v) is 19.2. The highest BCUT2D eigenvalue weighted by molar-refractivity contribution is 7.99. The van der Waals surface area contributed by atoms with Crippen molar-refractivity contribution in [2.45, 2.75) is 5.16 Å². The summed E-state index contributed by atoms with van der Waals surface area (Å²) in [5.74, 6) is 0.0920. The van der Waals surface area contributed by atoms with Crippen LogP contribution in [0.1, 0.15) is 0 Å². The van der Waals surface area contributed by atoms with Crippen LogP contribution in [0.3, 0.4) is 0 Å². The van der Waals surface area contributed by atoms with E-state index in [1.165, 1.54) is 42.1 Å². The number of methoxy groups -OCH3 is 2. The predicted molar refractivity (Wildman–Crippen MR) is 128 cm³/mol. The summed E-state index contributed by atoms with van der Waals surface area (Å²) in [6, 6.07) is 17.1. The van der Waals surface area contributed by atoms with Gasteiger partial charge in [-0.3, -0.25) is 9.36 Å². The topological polar surface area (TPSA) is 65.4 Å². The van der Waals surface area contributed by atoms with E-state index in [4.69, 9.17) is 14.5 Å². The molecule has 0 bridgehead atoms. The number of nitrogens with one attached hydrogen (secondary N) is 1. The Morgan fingerprint density at radius 3 is 2.44 bits per heavy atom. The first-order chi connectivity index (χ1) is 16.5. The Hall–Kier alpha value is -3.85. The van der Waals surface area contributed by atoms with Crippen molar-refractivity contribution < 1.29 is 23.0 Å². The largest absolute Gasteiger partial charge is 0.493 e. The number of ether oxygens (including phenoxy) is 2. The van der Waals surface area contributed by atoms with Crippen LogP contribution in [0.25, 0.3) is 16.9 Å². The Morgan fingerprint density at radius 1 is 0.971 bits per heavy atom. The number of imidazole rings is 1. The smallest absolute Gasteiger partial charge is 0.234 e. The van der Waals surface area contributed by atoms with Crippen molar-refractivity contribution in [3.05, 3.63) is 84.6 Å². The lowest BCUT2D eigenvalue weighted by Gasteiger charge is -2.08. The molecule has 6 nitrogen and oxygen atoms in total. The average Bonchev–Trinajstić information content (AvgIpc) is 3.27. The number of hydrogen-bond donors (Lipinski definition) is 1. The van der Waals surface area contributed by atoms with Gasteiger partial charge < -0.3 is 14.8 Å². The highest BCUT2D eigenvalue weighted by atomic mass is 32.2. The van der Waals surface area contributed by atoms with Crippen LogP contribution in [0.4, 0.5) is 14.5 Å². The molecule has 0 spiro atoms. The molecule has 0 aliphatic heterocycles. The van der Waals surface area contributed by atoms with Gasteiger partial charge in [0.2, 0.25) is 5.91 Å². The van der Waals surface area contributed by atoms with E-state index in [1.807, 2.05) is 6.07 Å². The maximum atomic E-state index is 13.5. The van der Waals surface area contributed by atoms with E-state index in [9.17, 15) is 13.6 Å². The minimum Gasteiger partial charge on any atom is -0.493 e. The van der Waals surface area contributed by atoms with E-state index < -0.39 is 5.82 Å². The zero-order chi connectivity index (χ0) is 24.1. The van der Waals surface area contributed by atoms with Crippen LogP contribution in [0.5, 0.6) is 11.5 Å². The first-order valence-electron chi connectivity index (χ1n) is 10.2. The number of hydrogen-bond acceptors (Lipinski definition) is 5. The van der Waals surface area contributed by atoms with Gasteiger partial charge in [-0.2, -0.15) is 0 Å². The van der Waals surface area contributed by atoms with Crippen LogP contribution in [0.15, 0.2) is 78.1 Å². The summed E-state index contributed by atoms with van der Waals surface area (Å²) in [5, 5.41) is 3.20. The molecule has 1 N–H and O–H groups in total. The molecule has 4 aromatic rings. The first-order valence-corrected chi connectivity index (χ1v) is 11.2. The monoisotopic (exact) mass is 481 g/mol. The van der Waals surface area contributed by atoms with Crippen molar-refractivity contribution in [1.29, 1.82) is 0 Å². The van der Waals surface area contributed by atoms with Crippen molar-refractivity contribution in [2.75, 3.05) is 25.3 Å². The molecule has 174 valence electrons. The second kappa shape index (κ2) is 10.4. The Bertz CT molecular complexity index is 1310. The van der Waals surface area contributed by atoms with Gasteiger partial charge in [-0.1, -0.05) is 17.8 Å². The second-order valence-electron chi connectivity index (χ2n) is 7.17. The number of carbonyl (C=O) groups is 1. The van der Waals surface area contributed by atoms with Crippen molar-refractivity contribution in [3.8, 4) is 28.4 Å². The number of thioether (sulfide) groups is 1. The van der Waals surface area contributed by atoms with Crippen LogP contribution < -0.4 is 14.8 Å². The normalized spacial score (nSPS) is 10.7. The molecule has 0 radical (unpaired) electrons. The lowest BCUT2D eigenvalue weighted by Crippen LogP contribution is -2.14. The molecule has 0 saturated carbocycles. The van der Waals surface area contributed by atoms with Crippen LogP contribution in [0.2, 0.25) is 0 Å². The average molecular weight is 482 g/mol. The number of amides is 1. The summed E-state index contributed by atoms with van der Waals surface area (Å²) >= 11 is 1.21. The summed E-state index contributed by atoms with van der Waals surface area (Å²) in [4.78, 5) is 17.1. The first kappa shape index (κ1) is 23.3. The van der Waals surface area contributed by atoms with Crippen molar-refractivity contribution in [1.82, 2.24) is 9.55 Å². The van der Waals surface area contributed by atoms with E-state index in [0.29, 0.717) is 33.7 Å². The molecule has 9 heteroatoms. The van der Waals surface area contributed by atoms with Gasteiger partial charge in [0.25, 0.3) is 0 Å². The lowest BCUT2D eigenvalue weighted by atomic mass is 10.1. The van der Waals surface area contributed by atoms with Crippen LogP contribution in [0, 0.1) is 11.6 Å². The number of anilines is 1. The van der Waals surface area contributed by atoms with Crippen LogP contribution in [-0.4, -0.2) is 35.4 Å². The molecule has 1 heterocycles. The molecule has 0 atom stereocenters. The summed E-state index contributed by atoms with van der Waals surface area (Å²) < 4.78 is 39.3. The number of aromatic nitrogens is 2. The fraction of sp³-hybridized carbons (Fsp3) is 0.120. The third-order valence-corrected chi connectivity index (χ3v) is 5.85. The maximum absolute atomic E-state index is 13.5. The molecule has 0 saturated heterocycles. The van der Waals surface area contributed by atoms with E-state index >= 15 is 0 Å².